The topological polar surface area (TPSA) is 49.3 Å². The first-order valence-electron chi connectivity index (χ1n) is 8.58. The predicted octanol–water partition coefficient (Wildman–Crippen LogP) is 2.30. The highest BCUT2D eigenvalue weighted by Crippen LogP contribution is 2.58. The Morgan fingerprint density at radius 1 is 1.24 bits per heavy atom. The van der Waals surface area contributed by atoms with E-state index in [0.29, 0.717) is 29.6 Å². The van der Waals surface area contributed by atoms with Gasteiger partial charge in [0.2, 0.25) is 0 Å². The minimum absolute atomic E-state index is 0.0541. The molecule has 1 saturated heterocycles. The molecule has 3 nitrogen and oxygen atoms in total. The van der Waals surface area contributed by atoms with Crippen LogP contribution >= 0.6 is 0 Å². The summed E-state index contributed by atoms with van der Waals surface area (Å²) in [5.41, 5.74) is 0.171. The number of allylic oxidation sites excluding steroid dienone is 1. The molecule has 0 bridgehead atoms. The number of carbonyl (C=O) groups is 1. The lowest BCUT2D eigenvalue weighted by atomic mass is 9.51. The van der Waals surface area contributed by atoms with Crippen molar-refractivity contribution in [1.29, 1.82) is 0 Å². The van der Waals surface area contributed by atoms with E-state index in [9.17, 15) is 9.90 Å². The molecule has 4 rings (SSSR count). The number of carbonyl (C=O) groups excluding carboxylic acids is 1. The van der Waals surface area contributed by atoms with Crippen molar-refractivity contribution >= 4 is 5.78 Å². The Morgan fingerprint density at radius 2 is 2.05 bits per heavy atom. The van der Waals surface area contributed by atoms with Gasteiger partial charge in [-0.2, -0.15) is 0 Å². The molecule has 3 aliphatic carbocycles. The summed E-state index contributed by atoms with van der Waals surface area (Å²) in [6.07, 6.45) is 9.10. The first-order chi connectivity index (χ1) is 9.95. The fourth-order valence-corrected chi connectivity index (χ4v) is 6.06. The number of hydrogen-bond acceptors (Lipinski definition) is 3. The molecule has 2 N–H and O–H groups in total. The van der Waals surface area contributed by atoms with Gasteiger partial charge in [0.1, 0.15) is 0 Å². The summed E-state index contributed by atoms with van der Waals surface area (Å²) in [4.78, 5) is 11.8. The molecule has 3 fully saturated rings. The second-order valence-electron chi connectivity index (χ2n) is 8.37. The van der Waals surface area contributed by atoms with E-state index >= 15 is 0 Å². The molecule has 1 heterocycles. The van der Waals surface area contributed by atoms with Crippen LogP contribution in [0.15, 0.2) is 12.2 Å². The molecular weight excluding hydrogens is 262 g/mol. The van der Waals surface area contributed by atoms with E-state index in [1.165, 1.54) is 12.8 Å². The Balaban J connectivity index is 1.68. The Hall–Kier alpha value is -0.670. The lowest BCUT2D eigenvalue weighted by molar-refractivity contribution is -0.120. The molecular formula is C18H27NO2. The average molecular weight is 289 g/mol. The molecule has 2 saturated carbocycles. The van der Waals surface area contributed by atoms with Crippen LogP contribution < -0.4 is 5.32 Å². The quantitative estimate of drug-likeness (QED) is 0.719. The monoisotopic (exact) mass is 289 g/mol. The number of nitrogens with one attached hydrogen (secondary N) is 1. The number of piperidine rings is 1. The summed E-state index contributed by atoms with van der Waals surface area (Å²) in [5.74, 6) is 2.09. The van der Waals surface area contributed by atoms with Gasteiger partial charge in [-0.1, -0.05) is 19.9 Å². The van der Waals surface area contributed by atoms with Crippen molar-refractivity contribution < 1.29 is 9.90 Å². The number of aliphatic hydroxyl groups excluding tert-OH is 1. The van der Waals surface area contributed by atoms with Gasteiger partial charge in [0.25, 0.3) is 0 Å². The highest BCUT2D eigenvalue weighted by molar-refractivity contribution is 5.91. The normalized spacial score (nSPS) is 55.8. The highest BCUT2D eigenvalue weighted by atomic mass is 16.3. The van der Waals surface area contributed by atoms with E-state index in [-0.39, 0.29) is 16.9 Å². The lowest BCUT2D eigenvalue weighted by Gasteiger charge is -2.58. The van der Waals surface area contributed by atoms with Crippen LogP contribution in [0.25, 0.3) is 0 Å². The van der Waals surface area contributed by atoms with E-state index in [1.54, 1.807) is 0 Å². The van der Waals surface area contributed by atoms with E-state index in [2.05, 4.69) is 25.2 Å². The Bertz CT molecular complexity index is 501. The molecule has 1 aliphatic heterocycles. The Kier molecular flexibility index (Phi) is 2.94. The predicted molar refractivity (Wildman–Crippen MR) is 81.7 cm³/mol. The molecule has 0 spiro atoms. The van der Waals surface area contributed by atoms with E-state index in [0.717, 1.165) is 25.8 Å². The molecule has 0 aromatic rings. The summed E-state index contributed by atoms with van der Waals surface area (Å²) in [7, 11) is 0. The fourth-order valence-electron chi connectivity index (χ4n) is 6.06. The van der Waals surface area contributed by atoms with Crippen molar-refractivity contribution in [3.05, 3.63) is 12.2 Å². The fraction of sp³-hybridized carbons (Fsp3) is 0.833. The first kappa shape index (κ1) is 14.0. The van der Waals surface area contributed by atoms with E-state index in [1.807, 2.05) is 6.08 Å². The van der Waals surface area contributed by atoms with Crippen LogP contribution in [0.4, 0.5) is 0 Å². The number of hydrogen-bond donors (Lipinski definition) is 2. The van der Waals surface area contributed by atoms with Gasteiger partial charge in [-0.25, -0.2) is 0 Å². The molecule has 0 aromatic heterocycles. The molecule has 21 heavy (non-hydrogen) atoms. The minimum Gasteiger partial charge on any atom is -0.393 e. The van der Waals surface area contributed by atoms with Crippen LogP contribution in [0.5, 0.6) is 0 Å². The van der Waals surface area contributed by atoms with Crippen molar-refractivity contribution in [2.45, 2.75) is 58.1 Å². The van der Waals surface area contributed by atoms with Gasteiger partial charge in [-0.15, -0.1) is 0 Å². The highest BCUT2D eigenvalue weighted by Gasteiger charge is 2.59. The second kappa shape index (κ2) is 4.42. The van der Waals surface area contributed by atoms with E-state index < -0.39 is 0 Å². The van der Waals surface area contributed by atoms with Gasteiger partial charge in [0.15, 0.2) is 5.78 Å². The summed E-state index contributed by atoms with van der Waals surface area (Å²) >= 11 is 0. The third-order valence-corrected chi connectivity index (χ3v) is 7.48. The number of aliphatic hydroxyl groups is 1. The molecule has 7 atom stereocenters. The Morgan fingerprint density at radius 3 is 2.86 bits per heavy atom. The van der Waals surface area contributed by atoms with Crippen LogP contribution in [0.2, 0.25) is 0 Å². The standard InChI is InChI=1S/C18H27NO2/c1-17-8-7-12(20)9-11(17)3-4-13-14-5-6-15(21)18(14,2)10-19-16(13)17/h7-8,11,13-16,19,21H,3-6,9-10H2,1-2H3/t11?,13-,14-,15?,16+,17-,18-/m0/s1. The first-order valence-corrected chi connectivity index (χ1v) is 8.58. The van der Waals surface area contributed by atoms with Gasteiger partial charge in [0, 0.05) is 29.8 Å². The van der Waals surface area contributed by atoms with Crippen LogP contribution in [0.1, 0.15) is 46.0 Å². The zero-order valence-electron chi connectivity index (χ0n) is 13.1. The van der Waals surface area contributed by atoms with Crippen molar-refractivity contribution in [3.63, 3.8) is 0 Å². The second-order valence-corrected chi connectivity index (χ2v) is 8.37. The van der Waals surface area contributed by atoms with Crippen molar-refractivity contribution in [2.75, 3.05) is 6.54 Å². The van der Waals surface area contributed by atoms with Crippen molar-refractivity contribution in [2.24, 2.45) is 28.6 Å². The third-order valence-electron chi connectivity index (χ3n) is 7.48. The summed E-state index contributed by atoms with van der Waals surface area (Å²) < 4.78 is 0. The van der Waals surface area contributed by atoms with Gasteiger partial charge in [-0.3, -0.25) is 4.79 Å². The number of fused-ring (bicyclic) bond motifs is 5. The molecule has 0 amide bonds. The lowest BCUT2D eigenvalue weighted by Crippen LogP contribution is -2.65. The van der Waals surface area contributed by atoms with E-state index in [4.69, 9.17) is 0 Å². The van der Waals surface area contributed by atoms with Crippen molar-refractivity contribution in [3.8, 4) is 0 Å². The molecule has 116 valence electrons. The van der Waals surface area contributed by atoms with Gasteiger partial charge < -0.3 is 10.4 Å². The summed E-state index contributed by atoms with van der Waals surface area (Å²) in [6, 6.07) is 0.476. The zero-order chi connectivity index (χ0) is 14.8. The number of rotatable bonds is 0. The zero-order valence-corrected chi connectivity index (χ0v) is 13.1. The maximum Gasteiger partial charge on any atom is 0.155 e. The Labute approximate surface area is 127 Å². The summed E-state index contributed by atoms with van der Waals surface area (Å²) in [6.45, 7) is 5.54. The SMILES string of the molecule is C[C@]12C=CC(=O)CC1CC[C@@H]1[C@H]2NC[C@]2(C)C(O)CC[C@@H]12. The largest absolute Gasteiger partial charge is 0.393 e. The van der Waals surface area contributed by atoms with Crippen molar-refractivity contribution in [1.82, 2.24) is 5.32 Å². The molecule has 2 unspecified atom stereocenters. The minimum atomic E-state index is -0.148. The smallest absolute Gasteiger partial charge is 0.155 e. The van der Waals surface area contributed by atoms with Crippen LogP contribution in [-0.2, 0) is 4.79 Å². The molecule has 4 aliphatic rings. The maximum absolute atomic E-state index is 11.8. The molecule has 0 radical (unpaired) electrons. The van der Waals surface area contributed by atoms with Gasteiger partial charge in [0.05, 0.1) is 6.10 Å². The third kappa shape index (κ3) is 1.77. The maximum atomic E-state index is 11.8. The van der Waals surface area contributed by atoms with Gasteiger partial charge in [-0.05, 0) is 49.5 Å². The molecule has 3 heteroatoms. The van der Waals surface area contributed by atoms with Crippen LogP contribution in [0, 0.1) is 28.6 Å². The van der Waals surface area contributed by atoms with Crippen LogP contribution in [0.3, 0.4) is 0 Å². The van der Waals surface area contributed by atoms with Crippen LogP contribution in [-0.4, -0.2) is 29.6 Å². The molecule has 0 aromatic carbocycles. The number of ketones is 1. The average Bonchev–Trinajstić information content (AvgIpc) is 2.76. The van der Waals surface area contributed by atoms with Gasteiger partial charge >= 0.3 is 0 Å². The summed E-state index contributed by atoms with van der Waals surface area (Å²) in [5, 5.41) is 14.2.